The highest BCUT2D eigenvalue weighted by Gasteiger charge is 2.49. The number of phenolic OH excluding ortho intramolecular Hbond substituents is 1. The Labute approximate surface area is 263 Å². The van der Waals surface area contributed by atoms with Crippen LogP contribution in [0.25, 0.3) is 0 Å². The maximum Gasteiger partial charge on any atom is 0.410 e. The zero-order valence-electron chi connectivity index (χ0n) is 27.1. The quantitative estimate of drug-likeness (QED) is 0.368. The topological polar surface area (TPSA) is 109 Å². The van der Waals surface area contributed by atoms with Crippen molar-refractivity contribution in [2.75, 3.05) is 27.8 Å². The third-order valence-corrected chi connectivity index (χ3v) is 10.5. The highest BCUT2D eigenvalue weighted by atomic mass is 32.2. The zero-order valence-corrected chi connectivity index (χ0v) is 27.9. The van der Waals surface area contributed by atoms with Crippen LogP contribution in [0, 0.1) is 0 Å². The highest BCUT2D eigenvalue weighted by Crippen LogP contribution is 2.37. The van der Waals surface area contributed by atoms with Crippen molar-refractivity contribution in [1.82, 2.24) is 13.5 Å². The van der Waals surface area contributed by atoms with Crippen molar-refractivity contribution in [2.45, 2.75) is 102 Å². The molecule has 2 aromatic carbocycles. The van der Waals surface area contributed by atoms with Gasteiger partial charge in [-0.1, -0.05) is 24.3 Å². The van der Waals surface area contributed by atoms with Gasteiger partial charge < -0.3 is 19.3 Å². The summed E-state index contributed by atoms with van der Waals surface area (Å²) >= 11 is 0. The van der Waals surface area contributed by atoms with E-state index in [4.69, 9.17) is 14.2 Å². The second-order valence-electron chi connectivity index (χ2n) is 13.2. The molecule has 10 nitrogen and oxygen atoms in total. The molecule has 3 atom stereocenters. The van der Waals surface area contributed by atoms with Gasteiger partial charge in [0.1, 0.15) is 17.1 Å². The van der Waals surface area contributed by atoms with E-state index in [9.17, 15) is 18.3 Å². The fourth-order valence-corrected chi connectivity index (χ4v) is 7.63. The lowest BCUT2D eigenvalue weighted by Crippen LogP contribution is -2.54. The van der Waals surface area contributed by atoms with E-state index in [1.807, 2.05) is 64.1 Å². The van der Waals surface area contributed by atoms with Gasteiger partial charge >= 0.3 is 6.09 Å². The van der Waals surface area contributed by atoms with Crippen molar-refractivity contribution < 1.29 is 32.5 Å². The lowest BCUT2D eigenvalue weighted by atomic mass is 9.82. The standard InChI is InChI=1S/C33H49N3O7S/c1-23-19-30(35(44(39,40)34(5)6)21-24-11-15-28(41-7)16-12-24)31(36(23)32(38)43-33(2,3)4)22-42-29-17-13-25(14-18-29)26-9-8-10-27(37)20-26/h8-12,15-16,20,23,25,29-31,37H,13-14,17-19,21-22H2,1-7H3. The van der Waals surface area contributed by atoms with Crippen molar-refractivity contribution in [3.05, 3.63) is 59.7 Å². The molecule has 1 aliphatic heterocycles. The molecule has 244 valence electrons. The van der Waals surface area contributed by atoms with Crippen LogP contribution in [0.1, 0.15) is 76.8 Å². The van der Waals surface area contributed by atoms with E-state index in [0.717, 1.165) is 36.8 Å². The number of nitrogens with zero attached hydrogens (tertiary/aromatic N) is 3. The molecule has 1 saturated carbocycles. The van der Waals surface area contributed by atoms with Crippen LogP contribution in [0.3, 0.4) is 0 Å². The van der Waals surface area contributed by atoms with Crippen LogP contribution in [0.4, 0.5) is 4.79 Å². The number of aromatic hydroxyl groups is 1. The van der Waals surface area contributed by atoms with Gasteiger partial charge in [-0.2, -0.15) is 17.0 Å². The normalized spacial score (nSPS) is 24.6. The molecule has 0 aromatic heterocycles. The van der Waals surface area contributed by atoms with E-state index in [-0.39, 0.29) is 31.0 Å². The van der Waals surface area contributed by atoms with Crippen LogP contribution in [0.2, 0.25) is 0 Å². The molecule has 1 heterocycles. The summed E-state index contributed by atoms with van der Waals surface area (Å²) in [4.78, 5) is 15.3. The van der Waals surface area contributed by atoms with Crippen LogP contribution in [0.5, 0.6) is 11.5 Å². The number of rotatable bonds is 10. The second kappa shape index (κ2) is 14.1. The van der Waals surface area contributed by atoms with Crippen molar-refractivity contribution in [2.24, 2.45) is 0 Å². The number of likely N-dealkylation sites (tertiary alicyclic amines) is 1. The average Bonchev–Trinajstić information content (AvgIpc) is 3.29. The summed E-state index contributed by atoms with van der Waals surface area (Å²) in [7, 11) is 0.758. The van der Waals surface area contributed by atoms with Gasteiger partial charge in [0.2, 0.25) is 0 Å². The Morgan fingerprint density at radius 1 is 1.05 bits per heavy atom. The Hall–Kier alpha value is -2.86. The van der Waals surface area contributed by atoms with Crippen molar-refractivity contribution in [3.8, 4) is 11.5 Å². The van der Waals surface area contributed by atoms with E-state index < -0.39 is 34.0 Å². The Morgan fingerprint density at radius 2 is 1.70 bits per heavy atom. The molecule has 2 fully saturated rings. The van der Waals surface area contributed by atoms with Gasteiger partial charge in [-0.15, -0.1) is 0 Å². The SMILES string of the molecule is COc1ccc(CN(C2CC(C)N(C(=O)OC(C)(C)C)C2COC2CCC(c3cccc(O)c3)CC2)S(=O)(=O)N(C)C)cc1. The van der Waals surface area contributed by atoms with Crippen molar-refractivity contribution in [1.29, 1.82) is 0 Å². The minimum atomic E-state index is -3.88. The predicted octanol–water partition coefficient (Wildman–Crippen LogP) is 5.52. The number of hydrogen-bond donors (Lipinski definition) is 1. The summed E-state index contributed by atoms with van der Waals surface area (Å²) in [5.41, 5.74) is 1.24. The van der Waals surface area contributed by atoms with E-state index in [1.165, 1.54) is 22.7 Å². The molecular weight excluding hydrogens is 582 g/mol. The van der Waals surface area contributed by atoms with Crippen LogP contribution < -0.4 is 4.74 Å². The summed E-state index contributed by atoms with van der Waals surface area (Å²) in [5, 5.41) is 9.92. The first-order valence-electron chi connectivity index (χ1n) is 15.4. The van der Waals surface area contributed by atoms with Gasteiger partial charge in [0, 0.05) is 26.7 Å². The number of methoxy groups -OCH3 is 1. The molecule has 3 unspecified atom stereocenters. The van der Waals surface area contributed by atoms with Gasteiger partial charge in [0.25, 0.3) is 10.2 Å². The minimum absolute atomic E-state index is 0.0129. The Kier molecular flexibility index (Phi) is 10.9. The fraction of sp³-hybridized carbons (Fsp3) is 0.606. The smallest absolute Gasteiger partial charge is 0.410 e. The maximum atomic E-state index is 13.8. The summed E-state index contributed by atoms with van der Waals surface area (Å²) in [6, 6.07) is 13.4. The Balaban J connectivity index is 1.58. The second-order valence-corrected chi connectivity index (χ2v) is 15.3. The molecule has 1 aliphatic carbocycles. The number of carbonyl (C=O) groups excluding carboxylic acids is 1. The first-order chi connectivity index (χ1) is 20.7. The number of carbonyl (C=O) groups is 1. The Bertz CT molecular complexity index is 1350. The first-order valence-corrected chi connectivity index (χ1v) is 16.8. The fourth-order valence-electron chi connectivity index (χ4n) is 6.33. The largest absolute Gasteiger partial charge is 0.508 e. The third-order valence-electron chi connectivity index (χ3n) is 8.61. The van der Waals surface area contributed by atoms with Crippen LogP contribution in [-0.4, -0.2) is 90.8 Å². The number of ether oxygens (including phenoxy) is 3. The molecule has 0 spiro atoms. The summed E-state index contributed by atoms with van der Waals surface area (Å²) in [6.07, 6.45) is 3.48. The Morgan fingerprint density at radius 3 is 2.27 bits per heavy atom. The number of hydrogen-bond acceptors (Lipinski definition) is 7. The molecule has 2 aromatic rings. The van der Waals surface area contributed by atoms with Crippen LogP contribution >= 0.6 is 0 Å². The number of amides is 1. The molecule has 44 heavy (non-hydrogen) atoms. The van der Waals surface area contributed by atoms with E-state index in [2.05, 4.69) is 6.07 Å². The molecule has 4 rings (SSSR count). The average molecular weight is 632 g/mol. The molecule has 1 N–H and O–H groups in total. The lowest BCUT2D eigenvalue weighted by Gasteiger charge is -2.38. The summed E-state index contributed by atoms with van der Waals surface area (Å²) in [6.45, 7) is 7.74. The molecule has 0 radical (unpaired) electrons. The van der Waals surface area contributed by atoms with Crippen LogP contribution in [0.15, 0.2) is 48.5 Å². The number of benzene rings is 2. The molecule has 1 saturated heterocycles. The maximum absolute atomic E-state index is 13.8. The molecular formula is C33H49N3O7S. The van der Waals surface area contributed by atoms with E-state index >= 15 is 0 Å². The first kappa shape index (κ1) is 34.0. The monoisotopic (exact) mass is 631 g/mol. The zero-order chi connectivity index (χ0) is 32.2. The van der Waals surface area contributed by atoms with Gasteiger partial charge in [0.05, 0.1) is 31.9 Å². The minimum Gasteiger partial charge on any atom is -0.508 e. The molecule has 1 amide bonds. The van der Waals surface area contributed by atoms with Crippen molar-refractivity contribution in [3.63, 3.8) is 0 Å². The lowest BCUT2D eigenvalue weighted by molar-refractivity contribution is -0.0279. The number of phenols is 1. The summed E-state index contributed by atoms with van der Waals surface area (Å²) in [5.74, 6) is 1.31. The van der Waals surface area contributed by atoms with Gasteiger partial charge in [-0.3, -0.25) is 4.90 Å². The molecule has 11 heteroatoms. The predicted molar refractivity (Wildman–Crippen MR) is 170 cm³/mol. The van der Waals surface area contributed by atoms with E-state index in [0.29, 0.717) is 18.1 Å². The van der Waals surface area contributed by atoms with Gasteiger partial charge in [0.15, 0.2) is 0 Å². The van der Waals surface area contributed by atoms with Gasteiger partial charge in [-0.05, 0) is 101 Å². The molecule has 0 bridgehead atoms. The summed E-state index contributed by atoms with van der Waals surface area (Å²) < 4.78 is 48.0. The van der Waals surface area contributed by atoms with Crippen molar-refractivity contribution >= 4 is 16.3 Å². The van der Waals surface area contributed by atoms with Gasteiger partial charge in [-0.25, -0.2) is 4.79 Å². The highest BCUT2D eigenvalue weighted by molar-refractivity contribution is 7.86. The molecule has 2 aliphatic rings. The van der Waals surface area contributed by atoms with E-state index in [1.54, 1.807) is 18.1 Å². The third kappa shape index (κ3) is 8.24. The van der Waals surface area contributed by atoms with Crippen LogP contribution in [-0.2, 0) is 26.2 Å².